The lowest BCUT2D eigenvalue weighted by molar-refractivity contribution is 0.577. The van der Waals surface area contributed by atoms with Gasteiger partial charge in [0.25, 0.3) is 0 Å². The van der Waals surface area contributed by atoms with E-state index in [0.29, 0.717) is 5.65 Å². The first-order valence-corrected chi connectivity index (χ1v) is 5.71. The van der Waals surface area contributed by atoms with Crippen molar-refractivity contribution in [2.75, 3.05) is 11.9 Å². The van der Waals surface area contributed by atoms with E-state index in [2.05, 4.69) is 25.9 Å². The third-order valence-corrected chi connectivity index (χ3v) is 3.12. The second-order valence-electron chi connectivity index (χ2n) is 4.28. The molecule has 2 aromatic heterocycles. The molecule has 6 heteroatoms. The minimum absolute atomic E-state index is 0.673. The molecule has 0 unspecified atom stereocenters. The smallest absolute Gasteiger partial charge is 0.200 e. The van der Waals surface area contributed by atoms with Crippen LogP contribution >= 0.6 is 0 Å². The first kappa shape index (κ1) is 9.50. The Kier molecular flexibility index (Phi) is 2.40. The average molecular weight is 218 g/mol. The van der Waals surface area contributed by atoms with Gasteiger partial charge in [-0.15, -0.1) is 14.8 Å². The zero-order valence-corrected chi connectivity index (χ0v) is 9.00. The topological polar surface area (TPSA) is 68.0 Å². The summed E-state index contributed by atoms with van der Waals surface area (Å²) in [6.45, 7) is 1.00. The monoisotopic (exact) mass is 218 g/mol. The summed E-state index contributed by atoms with van der Waals surface area (Å²) < 4.78 is 1.44. The molecule has 3 rings (SSSR count). The van der Waals surface area contributed by atoms with E-state index in [1.807, 2.05) is 12.1 Å². The summed E-state index contributed by atoms with van der Waals surface area (Å²) in [4.78, 5) is 0. The minimum atomic E-state index is 0.673. The van der Waals surface area contributed by atoms with Crippen LogP contribution in [0.1, 0.15) is 25.7 Å². The number of hydrogen-bond donors (Lipinski definition) is 1. The Labute approximate surface area is 93.0 Å². The number of nitrogens with zero attached hydrogens (tertiary/aromatic N) is 5. The highest BCUT2D eigenvalue weighted by atomic mass is 15.6. The zero-order chi connectivity index (χ0) is 10.8. The van der Waals surface area contributed by atoms with Crippen LogP contribution in [-0.4, -0.2) is 31.8 Å². The molecule has 0 spiro atoms. The van der Waals surface area contributed by atoms with E-state index in [4.69, 9.17) is 0 Å². The number of fused-ring (bicyclic) bond motifs is 1. The number of nitrogens with one attached hydrogen (secondary N) is 1. The average Bonchev–Trinajstić information content (AvgIpc) is 2.97. The van der Waals surface area contributed by atoms with Crippen molar-refractivity contribution < 1.29 is 0 Å². The molecule has 0 saturated heterocycles. The third kappa shape index (κ3) is 1.82. The Morgan fingerprint density at radius 1 is 1.31 bits per heavy atom. The molecule has 2 aromatic rings. The molecule has 0 aliphatic heterocycles. The predicted molar refractivity (Wildman–Crippen MR) is 59.0 cm³/mol. The maximum atomic E-state index is 4.27. The van der Waals surface area contributed by atoms with Gasteiger partial charge in [0.2, 0.25) is 0 Å². The standard InChI is InChI=1S/C10H14N6/c1-2-4-8(3-1)7-11-9-5-6-10-12-14-15-16(10)13-9/h5-6,8H,1-4,7H2,(H,11,13). The van der Waals surface area contributed by atoms with Crippen LogP contribution in [0, 0.1) is 5.92 Å². The Hall–Kier alpha value is -1.72. The van der Waals surface area contributed by atoms with Crippen molar-refractivity contribution in [1.82, 2.24) is 25.3 Å². The quantitative estimate of drug-likeness (QED) is 0.836. The van der Waals surface area contributed by atoms with Crippen molar-refractivity contribution in [3.8, 4) is 0 Å². The van der Waals surface area contributed by atoms with E-state index >= 15 is 0 Å². The number of anilines is 1. The first-order chi connectivity index (χ1) is 7.92. The van der Waals surface area contributed by atoms with Crippen molar-refractivity contribution >= 4 is 11.5 Å². The van der Waals surface area contributed by atoms with Crippen LogP contribution in [0.3, 0.4) is 0 Å². The Morgan fingerprint density at radius 2 is 2.19 bits per heavy atom. The summed E-state index contributed by atoms with van der Waals surface area (Å²) in [6, 6.07) is 3.78. The highest BCUT2D eigenvalue weighted by Gasteiger charge is 2.14. The van der Waals surface area contributed by atoms with Gasteiger partial charge in [-0.05, 0) is 41.3 Å². The number of tetrazole rings is 1. The Morgan fingerprint density at radius 3 is 3.06 bits per heavy atom. The molecule has 1 N–H and O–H groups in total. The molecular weight excluding hydrogens is 204 g/mol. The lowest BCUT2D eigenvalue weighted by Gasteiger charge is -2.10. The maximum absolute atomic E-state index is 4.27. The van der Waals surface area contributed by atoms with Gasteiger partial charge in [-0.2, -0.15) is 0 Å². The molecule has 0 bridgehead atoms. The zero-order valence-electron chi connectivity index (χ0n) is 9.00. The van der Waals surface area contributed by atoms with Gasteiger partial charge in [-0.1, -0.05) is 12.8 Å². The highest BCUT2D eigenvalue weighted by molar-refractivity contribution is 5.42. The van der Waals surface area contributed by atoms with Gasteiger partial charge in [-0.3, -0.25) is 0 Å². The highest BCUT2D eigenvalue weighted by Crippen LogP contribution is 2.24. The maximum Gasteiger partial charge on any atom is 0.200 e. The third-order valence-electron chi connectivity index (χ3n) is 3.12. The summed E-state index contributed by atoms with van der Waals surface area (Å²) in [5.74, 6) is 1.64. The fourth-order valence-corrected chi connectivity index (χ4v) is 2.21. The van der Waals surface area contributed by atoms with Gasteiger partial charge in [0.15, 0.2) is 5.65 Å². The predicted octanol–water partition coefficient (Wildman–Crippen LogP) is 1.12. The van der Waals surface area contributed by atoms with E-state index in [1.165, 1.54) is 30.3 Å². The van der Waals surface area contributed by atoms with Crippen LogP contribution in [0.4, 0.5) is 5.82 Å². The molecule has 0 amide bonds. The molecule has 0 radical (unpaired) electrons. The van der Waals surface area contributed by atoms with Crippen LogP contribution in [0.25, 0.3) is 5.65 Å². The van der Waals surface area contributed by atoms with E-state index < -0.39 is 0 Å². The van der Waals surface area contributed by atoms with E-state index in [-0.39, 0.29) is 0 Å². The molecule has 6 nitrogen and oxygen atoms in total. The fraction of sp³-hybridized carbons (Fsp3) is 0.600. The summed E-state index contributed by atoms with van der Waals surface area (Å²) in [5, 5.41) is 18.7. The lowest BCUT2D eigenvalue weighted by atomic mass is 10.1. The second kappa shape index (κ2) is 4.03. The number of aromatic nitrogens is 5. The Bertz CT molecular complexity index is 473. The summed E-state index contributed by atoms with van der Waals surface area (Å²) in [5.41, 5.74) is 0.673. The largest absolute Gasteiger partial charge is 0.368 e. The van der Waals surface area contributed by atoms with E-state index in [1.54, 1.807) is 0 Å². The van der Waals surface area contributed by atoms with Crippen molar-refractivity contribution in [2.24, 2.45) is 5.92 Å². The van der Waals surface area contributed by atoms with Crippen LogP contribution in [0.2, 0.25) is 0 Å². The van der Waals surface area contributed by atoms with Crippen LogP contribution in [-0.2, 0) is 0 Å². The molecule has 1 saturated carbocycles. The minimum Gasteiger partial charge on any atom is -0.368 e. The van der Waals surface area contributed by atoms with Gasteiger partial charge in [0.05, 0.1) is 0 Å². The van der Waals surface area contributed by atoms with Gasteiger partial charge < -0.3 is 5.32 Å². The normalized spacial score (nSPS) is 17.0. The molecular formula is C10H14N6. The lowest BCUT2D eigenvalue weighted by Crippen LogP contribution is -2.13. The summed E-state index contributed by atoms with van der Waals surface area (Å²) >= 11 is 0. The molecule has 0 aromatic carbocycles. The summed E-state index contributed by atoms with van der Waals surface area (Å²) in [7, 11) is 0. The van der Waals surface area contributed by atoms with Crippen LogP contribution in [0.5, 0.6) is 0 Å². The Balaban J connectivity index is 1.68. The fourth-order valence-electron chi connectivity index (χ4n) is 2.21. The SMILES string of the molecule is c1cc2nnnn2nc1NCC1CCCC1. The van der Waals surface area contributed by atoms with E-state index in [9.17, 15) is 0 Å². The van der Waals surface area contributed by atoms with Crippen molar-refractivity contribution in [3.63, 3.8) is 0 Å². The molecule has 2 heterocycles. The number of rotatable bonds is 3. The molecule has 16 heavy (non-hydrogen) atoms. The second-order valence-corrected chi connectivity index (χ2v) is 4.28. The van der Waals surface area contributed by atoms with Gasteiger partial charge in [-0.25, -0.2) is 0 Å². The van der Waals surface area contributed by atoms with E-state index in [0.717, 1.165) is 18.3 Å². The van der Waals surface area contributed by atoms with Crippen LogP contribution < -0.4 is 5.32 Å². The van der Waals surface area contributed by atoms with Gasteiger partial charge in [0, 0.05) is 6.54 Å². The molecule has 1 aliphatic carbocycles. The first-order valence-electron chi connectivity index (χ1n) is 5.71. The van der Waals surface area contributed by atoms with Gasteiger partial charge >= 0.3 is 0 Å². The molecule has 1 aliphatic rings. The molecule has 0 atom stereocenters. The van der Waals surface area contributed by atoms with Crippen LogP contribution in [0.15, 0.2) is 12.1 Å². The number of hydrogen-bond acceptors (Lipinski definition) is 5. The summed E-state index contributed by atoms with van der Waals surface area (Å²) in [6.07, 6.45) is 5.40. The van der Waals surface area contributed by atoms with Crippen molar-refractivity contribution in [2.45, 2.75) is 25.7 Å². The van der Waals surface area contributed by atoms with Crippen molar-refractivity contribution in [3.05, 3.63) is 12.1 Å². The van der Waals surface area contributed by atoms with Gasteiger partial charge in [0.1, 0.15) is 5.82 Å². The molecule has 84 valence electrons. The van der Waals surface area contributed by atoms with Crippen molar-refractivity contribution in [1.29, 1.82) is 0 Å². The molecule has 1 fully saturated rings.